The molecule has 27 heavy (non-hydrogen) atoms. The number of hydrogen-bond acceptors (Lipinski definition) is 5. The smallest absolute Gasteiger partial charge is 0.246 e. The van der Waals surface area contributed by atoms with Crippen LogP contribution in [0.5, 0.6) is 5.75 Å². The van der Waals surface area contributed by atoms with Crippen LogP contribution in [0.2, 0.25) is 0 Å². The number of anilines is 1. The normalized spacial score (nSPS) is 21.2. The van der Waals surface area contributed by atoms with Gasteiger partial charge in [0, 0.05) is 38.6 Å². The highest BCUT2D eigenvalue weighted by atomic mass is 16.5. The lowest BCUT2D eigenvalue weighted by Gasteiger charge is -2.35. The van der Waals surface area contributed by atoms with Crippen LogP contribution in [0.25, 0.3) is 0 Å². The van der Waals surface area contributed by atoms with Crippen molar-refractivity contribution in [2.24, 2.45) is 0 Å². The third kappa shape index (κ3) is 4.59. The predicted octanol–water partition coefficient (Wildman–Crippen LogP) is 0.896. The van der Waals surface area contributed by atoms with Gasteiger partial charge in [-0.2, -0.15) is 0 Å². The molecule has 0 bridgehead atoms. The number of ether oxygens (including phenoxy) is 1. The zero-order chi connectivity index (χ0) is 19.4. The van der Waals surface area contributed by atoms with Crippen molar-refractivity contribution >= 4 is 17.5 Å². The Kier molecular flexibility index (Phi) is 6.34. The maximum Gasteiger partial charge on any atom is 0.246 e. The predicted molar refractivity (Wildman–Crippen MR) is 105 cm³/mol. The molecular weight excluding hydrogens is 344 g/mol. The van der Waals surface area contributed by atoms with Crippen LogP contribution in [0.4, 0.5) is 5.69 Å². The summed E-state index contributed by atoms with van der Waals surface area (Å²) in [5, 5.41) is 0. The van der Waals surface area contributed by atoms with Crippen molar-refractivity contribution in [2.45, 2.75) is 18.9 Å². The fourth-order valence-electron chi connectivity index (χ4n) is 3.88. The van der Waals surface area contributed by atoms with Crippen LogP contribution in [0.3, 0.4) is 0 Å². The van der Waals surface area contributed by atoms with Crippen LogP contribution in [0, 0.1) is 0 Å². The molecule has 2 aliphatic heterocycles. The van der Waals surface area contributed by atoms with E-state index in [4.69, 9.17) is 4.74 Å². The van der Waals surface area contributed by atoms with Gasteiger partial charge in [0.15, 0.2) is 0 Å². The molecule has 0 aromatic heterocycles. The maximum absolute atomic E-state index is 12.6. The number of hydrogen-bond donors (Lipinski definition) is 0. The van der Waals surface area contributed by atoms with E-state index in [-0.39, 0.29) is 18.4 Å². The molecule has 0 unspecified atom stereocenters. The zero-order valence-corrected chi connectivity index (χ0v) is 16.6. The molecule has 148 valence electrons. The monoisotopic (exact) mass is 374 g/mol. The van der Waals surface area contributed by atoms with E-state index in [0.29, 0.717) is 31.3 Å². The molecule has 2 fully saturated rings. The molecule has 0 aliphatic carbocycles. The number of benzene rings is 1. The third-order valence-electron chi connectivity index (χ3n) is 5.62. The standard InChI is InChI=1S/C20H30N4O3/c1-21-10-8-16(14-21)22(2)11-9-19(25)23-12-13-24(20(26)15-23)17-6-4-5-7-18(17)27-3/h4-7,16H,8-15H2,1-3H3/t16-/m0/s1. The van der Waals surface area contributed by atoms with E-state index in [0.717, 1.165) is 31.7 Å². The van der Waals surface area contributed by atoms with Crippen molar-refractivity contribution in [1.29, 1.82) is 0 Å². The first-order valence-electron chi connectivity index (χ1n) is 9.59. The van der Waals surface area contributed by atoms with Crippen LogP contribution in [0.1, 0.15) is 12.8 Å². The molecule has 0 radical (unpaired) electrons. The van der Waals surface area contributed by atoms with Crippen LogP contribution in [-0.4, -0.2) is 93.0 Å². The van der Waals surface area contributed by atoms with Gasteiger partial charge in [-0.05, 0) is 39.2 Å². The summed E-state index contributed by atoms with van der Waals surface area (Å²) in [5.41, 5.74) is 0.766. The molecule has 1 aromatic rings. The summed E-state index contributed by atoms with van der Waals surface area (Å²) in [7, 11) is 5.81. The number of carbonyl (C=O) groups excluding carboxylic acids is 2. The van der Waals surface area contributed by atoms with Gasteiger partial charge in [-0.15, -0.1) is 0 Å². The molecule has 2 aliphatic rings. The highest BCUT2D eigenvalue weighted by Crippen LogP contribution is 2.28. The molecule has 7 nitrogen and oxygen atoms in total. The fraction of sp³-hybridized carbons (Fsp3) is 0.600. The molecule has 0 saturated carbocycles. The van der Waals surface area contributed by atoms with E-state index in [9.17, 15) is 9.59 Å². The summed E-state index contributed by atoms with van der Waals surface area (Å²) in [5.74, 6) is 0.667. The maximum atomic E-state index is 12.6. The van der Waals surface area contributed by atoms with Gasteiger partial charge in [0.05, 0.1) is 12.8 Å². The van der Waals surface area contributed by atoms with Gasteiger partial charge in [-0.3, -0.25) is 9.59 Å². The summed E-state index contributed by atoms with van der Waals surface area (Å²) < 4.78 is 5.36. The van der Waals surface area contributed by atoms with E-state index in [1.807, 2.05) is 24.3 Å². The Morgan fingerprint density at radius 2 is 2.04 bits per heavy atom. The van der Waals surface area contributed by atoms with Crippen LogP contribution in [-0.2, 0) is 9.59 Å². The van der Waals surface area contributed by atoms with E-state index in [2.05, 4.69) is 23.9 Å². The molecule has 0 N–H and O–H groups in total. The second-order valence-electron chi connectivity index (χ2n) is 7.47. The second-order valence-corrected chi connectivity index (χ2v) is 7.47. The lowest BCUT2D eigenvalue weighted by molar-refractivity contribution is -0.137. The summed E-state index contributed by atoms with van der Waals surface area (Å²) >= 11 is 0. The minimum atomic E-state index is -0.0649. The number of rotatable bonds is 6. The summed E-state index contributed by atoms with van der Waals surface area (Å²) in [6.07, 6.45) is 1.61. The summed E-state index contributed by atoms with van der Waals surface area (Å²) in [6.45, 7) is 4.08. The van der Waals surface area contributed by atoms with Crippen molar-refractivity contribution in [1.82, 2.24) is 14.7 Å². The topological polar surface area (TPSA) is 56.3 Å². The van der Waals surface area contributed by atoms with E-state index in [1.165, 1.54) is 0 Å². The minimum Gasteiger partial charge on any atom is -0.495 e. The van der Waals surface area contributed by atoms with Gasteiger partial charge in [-0.1, -0.05) is 12.1 Å². The number of methoxy groups -OCH3 is 1. The Bertz CT molecular complexity index is 681. The largest absolute Gasteiger partial charge is 0.495 e. The third-order valence-corrected chi connectivity index (χ3v) is 5.62. The Morgan fingerprint density at radius 3 is 2.70 bits per heavy atom. The van der Waals surface area contributed by atoms with Gasteiger partial charge in [-0.25, -0.2) is 0 Å². The van der Waals surface area contributed by atoms with Crippen molar-refractivity contribution in [2.75, 3.05) is 65.4 Å². The van der Waals surface area contributed by atoms with Gasteiger partial charge in [0.25, 0.3) is 0 Å². The number of amides is 2. The Balaban J connectivity index is 1.51. The van der Waals surface area contributed by atoms with Crippen molar-refractivity contribution in [3.05, 3.63) is 24.3 Å². The number of likely N-dealkylation sites (tertiary alicyclic amines) is 1. The average molecular weight is 374 g/mol. The number of piperazine rings is 1. The van der Waals surface area contributed by atoms with Crippen LogP contribution < -0.4 is 9.64 Å². The van der Waals surface area contributed by atoms with Crippen LogP contribution in [0.15, 0.2) is 24.3 Å². The molecule has 7 heteroatoms. The Hall–Kier alpha value is -2.12. The van der Waals surface area contributed by atoms with E-state index < -0.39 is 0 Å². The van der Waals surface area contributed by atoms with Gasteiger partial charge < -0.3 is 24.3 Å². The number of para-hydroxylation sites is 2. The second kappa shape index (κ2) is 8.71. The zero-order valence-electron chi connectivity index (χ0n) is 16.6. The highest BCUT2D eigenvalue weighted by molar-refractivity contribution is 5.99. The lowest BCUT2D eigenvalue weighted by Crippen LogP contribution is -2.53. The van der Waals surface area contributed by atoms with Crippen LogP contribution >= 0.6 is 0 Å². The quantitative estimate of drug-likeness (QED) is 0.740. The van der Waals surface area contributed by atoms with Crippen molar-refractivity contribution < 1.29 is 14.3 Å². The average Bonchev–Trinajstić information content (AvgIpc) is 3.12. The minimum absolute atomic E-state index is 0.0567. The first-order chi connectivity index (χ1) is 13.0. The van der Waals surface area contributed by atoms with Crippen molar-refractivity contribution in [3.8, 4) is 5.75 Å². The fourth-order valence-corrected chi connectivity index (χ4v) is 3.88. The first kappa shape index (κ1) is 19.6. The highest BCUT2D eigenvalue weighted by Gasteiger charge is 2.30. The Labute approximate surface area is 161 Å². The first-order valence-corrected chi connectivity index (χ1v) is 9.59. The van der Waals surface area contributed by atoms with Gasteiger partial charge in [0.1, 0.15) is 12.3 Å². The summed E-state index contributed by atoms with van der Waals surface area (Å²) in [6, 6.07) is 8.01. The van der Waals surface area contributed by atoms with Crippen molar-refractivity contribution in [3.63, 3.8) is 0 Å². The molecule has 2 saturated heterocycles. The SMILES string of the molecule is COc1ccccc1N1CCN(C(=O)CCN(C)[C@H]2CCN(C)C2)CC1=O. The number of nitrogens with zero attached hydrogens (tertiary/aromatic N) is 4. The molecule has 1 atom stereocenters. The molecule has 1 aromatic carbocycles. The molecular formula is C20H30N4O3. The molecule has 2 heterocycles. The number of likely N-dealkylation sites (N-methyl/N-ethyl adjacent to an activating group) is 2. The lowest BCUT2D eigenvalue weighted by atomic mass is 10.2. The van der Waals surface area contributed by atoms with Gasteiger partial charge >= 0.3 is 0 Å². The molecule has 3 rings (SSSR count). The van der Waals surface area contributed by atoms with E-state index >= 15 is 0 Å². The molecule has 2 amide bonds. The van der Waals surface area contributed by atoms with Gasteiger partial charge in [0.2, 0.25) is 11.8 Å². The van der Waals surface area contributed by atoms with E-state index in [1.54, 1.807) is 16.9 Å². The Morgan fingerprint density at radius 1 is 1.26 bits per heavy atom. The molecule has 0 spiro atoms. The number of carbonyl (C=O) groups is 2. The summed E-state index contributed by atoms with van der Waals surface area (Å²) in [4.78, 5) is 33.2.